The van der Waals surface area contributed by atoms with Crippen molar-refractivity contribution in [2.45, 2.75) is 11.4 Å². The monoisotopic (exact) mass is 328 g/mol. The lowest BCUT2D eigenvalue weighted by molar-refractivity contribution is 0.226. The molecule has 1 atom stereocenters. The standard InChI is InChI=1S/C15H12N4OS2/c1-21-15-17-14-12(18-19-15)10-4-2-3-5-11(10)16-13(20-14)9-6-7-22-8-9/h2-8,13,16H,1H3/t13-/m1/s1. The third-order valence-corrected chi connectivity index (χ3v) is 4.60. The van der Waals surface area contributed by atoms with Crippen LogP contribution in [0.25, 0.3) is 11.3 Å². The third kappa shape index (κ3) is 2.32. The average Bonchev–Trinajstić information content (AvgIpc) is 3.04. The van der Waals surface area contributed by atoms with Gasteiger partial charge in [0.25, 0.3) is 0 Å². The molecule has 3 heterocycles. The summed E-state index contributed by atoms with van der Waals surface area (Å²) >= 11 is 3.08. The van der Waals surface area contributed by atoms with Gasteiger partial charge in [0.2, 0.25) is 11.0 Å². The van der Waals surface area contributed by atoms with Gasteiger partial charge in [-0.25, -0.2) is 0 Å². The Bertz CT molecular complexity index is 807. The Morgan fingerprint density at radius 1 is 1.23 bits per heavy atom. The zero-order valence-corrected chi connectivity index (χ0v) is 13.3. The SMILES string of the molecule is CSc1nnc2c(n1)O[C@H](c1ccsc1)Nc1ccccc1-2. The fraction of sp³-hybridized carbons (Fsp3) is 0.133. The van der Waals surface area contributed by atoms with E-state index in [1.165, 1.54) is 11.8 Å². The van der Waals surface area contributed by atoms with Gasteiger partial charge in [0, 0.05) is 16.8 Å². The average molecular weight is 328 g/mol. The van der Waals surface area contributed by atoms with Crippen LogP contribution in [0.3, 0.4) is 0 Å². The van der Waals surface area contributed by atoms with Gasteiger partial charge >= 0.3 is 0 Å². The van der Waals surface area contributed by atoms with E-state index in [9.17, 15) is 0 Å². The molecule has 1 aliphatic rings. The molecular weight excluding hydrogens is 316 g/mol. The topological polar surface area (TPSA) is 59.9 Å². The van der Waals surface area contributed by atoms with Crippen LogP contribution in [0, 0.1) is 0 Å². The third-order valence-electron chi connectivity index (χ3n) is 3.36. The maximum atomic E-state index is 6.09. The summed E-state index contributed by atoms with van der Waals surface area (Å²) in [4.78, 5) is 4.48. The summed E-state index contributed by atoms with van der Waals surface area (Å²) in [6.07, 6.45) is 1.63. The van der Waals surface area contributed by atoms with Crippen molar-refractivity contribution in [2.24, 2.45) is 0 Å². The number of aromatic nitrogens is 3. The molecule has 4 rings (SSSR count). The number of thiophene rings is 1. The van der Waals surface area contributed by atoms with Crippen molar-refractivity contribution in [2.75, 3.05) is 11.6 Å². The normalized spacial score (nSPS) is 16.0. The second-order valence-corrected chi connectivity index (χ2v) is 6.25. The quantitative estimate of drug-likeness (QED) is 0.722. The lowest BCUT2D eigenvalue weighted by atomic mass is 10.1. The molecule has 0 radical (unpaired) electrons. The van der Waals surface area contributed by atoms with E-state index < -0.39 is 0 Å². The second kappa shape index (κ2) is 5.58. The highest BCUT2D eigenvalue weighted by atomic mass is 32.2. The number of hydrogen-bond donors (Lipinski definition) is 1. The molecule has 0 saturated carbocycles. The lowest BCUT2D eigenvalue weighted by Gasteiger charge is -2.17. The number of ether oxygens (including phenoxy) is 1. The van der Waals surface area contributed by atoms with E-state index in [-0.39, 0.29) is 6.23 Å². The Hall–Kier alpha value is -2.12. The van der Waals surface area contributed by atoms with Gasteiger partial charge in [0.05, 0.1) is 0 Å². The first-order chi connectivity index (χ1) is 10.8. The Balaban J connectivity index is 1.88. The van der Waals surface area contributed by atoms with Crippen LogP contribution in [0.4, 0.5) is 5.69 Å². The molecule has 5 nitrogen and oxygen atoms in total. The van der Waals surface area contributed by atoms with E-state index in [1.54, 1.807) is 11.3 Å². The molecule has 0 unspecified atom stereocenters. The highest BCUT2D eigenvalue weighted by Gasteiger charge is 2.25. The molecule has 110 valence electrons. The van der Waals surface area contributed by atoms with Crippen molar-refractivity contribution >= 4 is 28.8 Å². The number of fused-ring (bicyclic) bond motifs is 3. The Morgan fingerprint density at radius 3 is 2.95 bits per heavy atom. The number of thioether (sulfide) groups is 1. The predicted molar refractivity (Wildman–Crippen MR) is 88.4 cm³/mol. The van der Waals surface area contributed by atoms with Gasteiger partial charge in [-0.3, -0.25) is 0 Å². The van der Waals surface area contributed by atoms with Crippen molar-refractivity contribution in [3.63, 3.8) is 0 Å². The van der Waals surface area contributed by atoms with Gasteiger partial charge in [-0.05, 0) is 29.1 Å². The second-order valence-electron chi connectivity index (χ2n) is 4.70. The Morgan fingerprint density at radius 2 is 2.14 bits per heavy atom. The summed E-state index contributed by atoms with van der Waals surface area (Å²) < 4.78 is 6.09. The van der Waals surface area contributed by atoms with Crippen LogP contribution in [0.1, 0.15) is 11.8 Å². The molecule has 0 aliphatic carbocycles. The first-order valence-electron chi connectivity index (χ1n) is 6.68. The first-order valence-corrected chi connectivity index (χ1v) is 8.85. The molecular formula is C15H12N4OS2. The minimum Gasteiger partial charge on any atom is -0.448 e. The van der Waals surface area contributed by atoms with Gasteiger partial charge in [0.15, 0.2) is 11.9 Å². The van der Waals surface area contributed by atoms with Crippen molar-refractivity contribution in [3.8, 4) is 17.1 Å². The van der Waals surface area contributed by atoms with E-state index in [0.29, 0.717) is 16.7 Å². The molecule has 0 fully saturated rings. The van der Waals surface area contributed by atoms with Gasteiger partial charge in [-0.15, -0.1) is 10.2 Å². The fourth-order valence-electron chi connectivity index (χ4n) is 2.31. The van der Waals surface area contributed by atoms with Crippen LogP contribution in [-0.4, -0.2) is 21.4 Å². The van der Waals surface area contributed by atoms with E-state index >= 15 is 0 Å². The van der Waals surface area contributed by atoms with Gasteiger partial charge in [-0.1, -0.05) is 30.0 Å². The van der Waals surface area contributed by atoms with Crippen molar-refractivity contribution in [1.82, 2.24) is 15.2 Å². The minimum absolute atomic E-state index is 0.292. The van der Waals surface area contributed by atoms with E-state index in [1.807, 2.05) is 42.0 Å². The summed E-state index contributed by atoms with van der Waals surface area (Å²) in [5, 5.41) is 16.6. The maximum Gasteiger partial charge on any atom is 0.247 e. The minimum atomic E-state index is -0.292. The van der Waals surface area contributed by atoms with Crippen LogP contribution >= 0.6 is 23.1 Å². The molecule has 2 aromatic heterocycles. The Labute approximate surface area is 135 Å². The molecule has 0 spiro atoms. The van der Waals surface area contributed by atoms with Crippen LogP contribution in [0.5, 0.6) is 5.88 Å². The number of para-hydroxylation sites is 1. The zero-order valence-electron chi connectivity index (χ0n) is 11.7. The number of benzene rings is 1. The van der Waals surface area contributed by atoms with Gasteiger partial charge < -0.3 is 10.1 Å². The molecule has 0 amide bonds. The van der Waals surface area contributed by atoms with Crippen LogP contribution in [0.2, 0.25) is 0 Å². The number of anilines is 1. The molecule has 22 heavy (non-hydrogen) atoms. The predicted octanol–water partition coefficient (Wildman–Crippen LogP) is 3.83. The summed E-state index contributed by atoms with van der Waals surface area (Å²) in [6, 6.07) is 10.0. The Kier molecular flexibility index (Phi) is 3.44. The summed E-state index contributed by atoms with van der Waals surface area (Å²) in [5.74, 6) is 0.507. The molecule has 1 N–H and O–H groups in total. The summed E-state index contributed by atoms with van der Waals surface area (Å²) in [6.45, 7) is 0. The van der Waals surface area contributed by atoms with Gasteiger partial charge in [0.1, 0.15) is 0 Å². The first kappa shape index (κ1) is 13.5. The van der Waals surface area contributed by atoms with Gasteiger partial charge in [-0.2, -0.15) is 16.3 Å². The summed E-state index contributed by atoms with van der Waals surface area (Å²) in [5.41, 5.74) is 3.64. The van der Waals surface area contributed by atoms with E-state index in [2.05, 4.69) is 25.9 Å². The van der Waals surface area contributed by atoms with Crippen molar-refractivity contribution in [1.29, 1.82) is 0 Å². The zero-order chi connectivity index (χ0) is 14.9. The molecule has 0 saturated heterocycles. The molecule has 1 aromatic carbocycles. The molecule has 0 bridgehead atoms. The summed E-state index contributed by atoms with van der Waals surface area (Å²) in [7, 11) is 0. The molecule has 7 heteroatoms. The van der Waals surface area contributed by atoms with Crippen LogP contribution in [0.15, 0.2) is 46.2 Å². The van der Waals surface area contributed by atoms with Crippen LogP contribution < -0.4 is 10.1 Å². The highest BCUT2D eigenvalue weighted by Crippen LogP contribution is 2.39. The fourth-order valence-corrected chi connectivity index (χ4v) is 3.28. The van der Waals surface area contributed by atoms with Crippen molar-refractivity contribution < 1.29 is 4.74 Å². The number of nitrogens with zero attached hydrogens (tertiary/aromatic N) is 3. The number of rotatable bonds is 2. The number of hydrogen-bond acceptors (Lipinski definition) is 7. The van der Waals surface area contributed by atoms with Crippen LogP contribution in [-0.2, 0) is 0 Å². The largest absolute Gasteiger partial charge is 0.448 e. The highest BCUT2D eigenvalue weighted by molar-refractivity contribution is 7.98. The molecule has 3 aromatic rings. The number of nitrogens with one attached hydrogen (secondary N) is 1. The van der Waals surface area contributed by atoms with E-state index in [4.69, 9.17) is 4.74 Å². The maximum absolute atomic E-state index is 6.09. The van der Waals surface area contributed by atoms with Crippen molar-refractivity contribution in [3.05, 3.63) is 46.7 Å². The molecule has 1 aliphatic heterocycles. The smallest absolute Gasteiger partial charge is 0.247 e. The lowest BCUT2D eigenvalue weighted by Crippen LogP contribution is -2.16. The van der Waals surface area contributed by atoms with E-state index in [0.717, 1.165) is 16.8 Å².